The molecule has 0 aromatic carbocycles. The summed E-state index contributed by atoms with van der Waals surface area (Å²) < 4.78 is 0. The van der Waals surface area contributed by atoms with Gasteiger partial charge in [0, 0.05) is 24.7 Å². The van der Waals surface area contributed by atoms with Gasteiger partial charge in [-0.05, 0) is 45.2 Å². The highest BCUT2D eigenvalue weighted by Crippen LogP contribution is 2.31. The first-order chi connectivity index (χ1) is 8.16. The van der Waals surface area contributed by atoms with Gasteiger partial charge >= 0.3 is 5.97 Å². The highest BCUT2D eigenvalue weighted by molar-refractivity contribution is 5.85. The van der Waals surface area contributed by atoms with E-state index in [4.69, 9.17) is 5.11 Å². The van der Waals surface area contributed by atoms with Crippen LogP contribution in [-0.2, 0) is 4.79 Å². The second-order valence-electron chi connectivity index (χ2n) is 5.23. The van der Waals surface area contributed by atoms with Gasteiger partial charge in [0.2, 0.25) is 0 Å². The number of carbonyl (C=O) groups is 1. The highest BCUT2D eigenvalue weighted by atomic mass is 16.4. The lowest BCUT2D eigenvalue weighted by Crippen LogP contribution is -2.27. The van der Waals surface area contributed by atoms with Crippen molar-refractivity contribution in [3.63, 3.8) is 0 Å². The maximum atomic E-state index is 10.6. The number of nitrogens with zero attached hydrogens (tertiary/aromatic N) is 1. The number of likely N-dealkylation sites (tertiary alicyclic amines) is 1. The molecular formula is C13H22N2O2. The molecule has 0 aromatic rings. The zero-order valence-corrected chi connectivity index (χ0v) is 10.5. The molecular weight excluding hydrogens is 216 g/mol. The van der Waals surface area contributed by atoms with Crippen molar-refractivity contribution in [2.45, 2.75) is 32.2 Å². The van der Waals surface area contributed by atoms with Crippen LogP contribution in [0.2, 0.25) is 0 Å². The van der Waals surface area contributed by atoms with Gasteiger partial charge in [0.05, 0.1) is 0 Å². The first-order valence-electron chi connectivity index (χ1n) is 6.51. The summed E-state index contributed by atoms with van der Waals surface area (Å²) in [7, 11) is 0. The van der Waals surface area contributed by atoms with E-state index in [2.05, 4.69) is 10.2 Å². The Morgan fingerprint density at radius 3 is 2.88 bits per heavy atom. The molecule has 1 unspecified atom stereocenters. The number of aliphatic carboxylic acids is 1. The minimum atomic E-state index is -0.826. The fourth-order valence-corrected chi connectivity index (χ4v) is 2.40. The van der Waals surface area contributed by atoms with Gasteiger partial charge in [-0.1, -0.05) is 6.08 Å². The van der Waals surface area contributed by atoms with Crippen LogP contribution in [0.15, 0.2) is 11.6 Å². The molecule has 2 N–H and O–H groups in total. The van der Waals surface area contributed by atoms with Crippen LogP contribution in [0.5, 0.6) is 0 Å². The number of rotatable bonds is 6. The Labute approximate surface area is 103 Å². The molecule has 1 atom stereocenters. The lowest BCUT2D eigenvalue weighted by atomic mass is 10.1. The standard InChI is InChI=1S/C13H22N2O2/c1-10(13(16)17)4-6-14-8-11-5-7-15(9-11)12-2-3-12/h4,11-12,14H,2-3,5-9H2,1H3,(H,16,17). The first kappa shape index (κ1) is 12.6. The molecule has 0 spiro atoms. The van der Waals surface area contributed by atoms with Crippen LogP contribution in [-0.4, -0.2) is 48.2 Å². The van der Waals surface area contributed by atoms with Crippen LogP contribution in [0.3, 0.4) is 0 Å². The van der Waals surface area contributed by atoms with Crippen molar-refractivity contribution in [1.29, 1.82) is 0 Å². The van der Waals surface area contributed by atoms with E-state index in [0.717, 1.165) is 18.5 Å². The van der Waals surface area contributed by atoms with Gasteiger partial charge in [0.1, 0.15) is 0 Å². The van der Waals surface area contributed by atoms with E-state index in [1.54, 1.807) is 13.0 Å². The Balaban J connectivity index is 1.59. The summed E-state index contributed by atoms with van der Waals surface area (Å²) in [5, 5.41) is 12.0. The summed E-state index contributed by atoms with van der Waals surface area (Å²) >= 11 is 0. The lowest BCUT2D eigenvalue weighted by Gasteiger charge is -2.14. The number of carboxylic acids is 1. The third-order valence-electron chi connectivity index (χ3n) is 3.70. The topological polar surface area (TPSA) is 52.6 Å². The summed E-state index contributed by atoms with van der Waals surface area (Å²) in [5.41, 5.74) is 0.420. The Kier molecular flexibility index (Phi) is 4.18. The summed E-state index contributed by atoms with van der Waals surface area (Å²) in [6.07, 6.45) is 5.81. The predicted molar refractivity (Wildman–Crippen MR) is 67.0 cm³/mol. The van der Waals surface area contributed by atoms with Crippen LogP contribution in [0, 0.1) is 5.92 Å². The molecule has 96 valence electrons. The minimum Gasteiger partial charge on any atom is -0.478 e. The van der Waals surface area contributed by atoms with E-state index in [9.17, 15) is 4.79 Å². The molecule has 1 heterocycles. The molecule has 1 aliphatic heterocycles. The van der Waals surface area contributed by atoms with Crippen molar-refractivity contribution in [3.8, 4) is 0 Å². The molecule has 1 saturated heterocycles. The van der Waals surface area contributed by atoms with Gasteiger partial charge in [-0.2, -0.15) is 0 Å². The molecule has 2 aliphatic rings. The molecule has 0 amide bonds. The summed E-state index contributed by atoms with van der Waals surface area (Å²) in [4.78, 5) is 13.2. The smallest absolute Gasteiger partial charge is 0.330 e. The second-order valence-corrected chi connectivity index (χ2v) is 5.23. The molecule has 0 radical (unpaired) electrons. The van der Waals surface area contributed by atoms with E-state index in [0.29, 0.717) is 12.1 Å². The second kappa shape index (κ2) is 5.65. The van der Waals surface area contributed by atoms with Gasteiger partial charge < -0.3 is 15.3 Å². The van der Waals surface area contributed by atoms with Gasteiger partial charge in [0.15, 0.2) is 0 Å². The molecule has 4 nitrogen and oxygen atoms in total. The maximum Gasteiger partial charge on any atom is 0.330 e. The van der Waals surface area contributed by atoms with Crippen LogP contribution >= 0.6 is 0 Å². The Morgan fingerprint density at radius 2 is 2.24 bits per heavy atom. The molecule has 1 saturated carbocycles. The Bertz CT molecular complexity index is 311. The van der Waals surface area contributed by atoms with Crippen LogP contribution in [0.25, 0.3) is 0 Å². The van der Waals surface area contributed by atoms with Crippen LogP contribution in [0.1, 0.15) is 26.2 Å². The number of hydrogen-bond donors (Lipinski definition) is 2. The summed E-state index contributed by atoms with van der Waals surface area (Å²) in [6, 6.07) is 0.883. The Morgan fingerprint density at radius 1 is 1.47 bits per heavy atom. The zero-order chi connectivity index (χ0) is 12.3. The SMILES string of the molecule is CC(=CCNCC1CCN(C2CC2)C1)C(=O)O. The van der Waals surface area contributed by atoms with Crippen molar-refractivity contribution in [2.24, 2.45) is 5.92 Å². The molecule has 0 aromatic heterocycles. The first-order valence-corrected chi connectivity index (χ1v) is 6.51. The van der Waals surface area contributed by atoms with Crippen molar-refractivity contribution >= 4 is 5.97 Å². The molecule has 17 heavy (non-hydrogen) atoms. The highest BCUT2D eigenvalue weighted by Gasteiger charge is 2.33. The number of carboxylic acid groups (broad SMARTS) is 1. The zero-order valence-electron chi connectivity index (χ0n) is 10.5. The van der Waals surface area contributed by atoms with E-state index >= 15 is 0 Å². The van der Waals surface area contributed by atoms with E-state index in [1.807, 2.05) is 0 Å². The van der Waals surface area contributed by atoms with Crippen molar-refractivity contribution in [3.05, 3.63) is 11.6 Å². The molecule has 2 fully saturated rings. The third-order valence-corrected chi connectivity index (χ3v) is 3.70. The van der Waals surface area contributed by atoms with Crippen LogP contribution in [0.4, 0.5) is 0 Å². The molecule has 1 aliphatic carbocycles. The lowest BCUT2D eigenvalue weighted by molar-refractivity contribution is -0.132. The fourth-order valence-electron chi connectivity index (χ4n) is 2.40. The van der Waals surface area contributed by atoms with Gasteiger partial charge in [-0.25, -0.2) is 4.79 Å². The monoisotopic (exact) mass is 238 g/mol. The van der Waals surface area contributed by atoms with Gasteiger partial charge in [-0.3, -0.25) is 0 Å². The van der Waals surface area contributed by atoms with Gasteiger partial charge in [-0.15, -0.1) is 0 Å². The average Bonchev–Trinajstić information content (AvgIpc) is 3.04. The number of nitrogens with one attached hydrogen (secondary N) is 1. The third kappa shape index (κ3) is 3.82. The van der Waals surface area contributed by atoms with E-state index in [1.165, 1.54) is 32.4 Å². The number of hydrogen-bond acceptors (Lipinski definition) is 3. The quantitative estimate of drug-likeness (QED) is 0.537. The normalized spacial score (nSPS) is 26.4. The van der Waals surface area contributed by atoms with Crippen molar-refractivity contribution < 1.29 is 9.90 Å². The average molecular weight is 238 g/mol. The maximum absolute atomic E-state index is 10.6. The largest absolute Gasteiger partial charge is 0.478 e. The van der Waals surface area contributed by atoms with Crippen LogP contribution < -0.4 is 5.32 Å². The van der Waals surface area contributed by atoms with Crippen molar-refractivity contribution in [1.82, 2.24) is 10.2 Å². The van der Waals surface area contributed by atoms with Crippen molar-refractivity contribution in [2.75, 3.05) is 26.2 Å². The minimum absolute atomic E-state index is 0.420. The predicted octanol–water partition coefficient (Wildman–Crippen LogP) is 1.09. The molecule has 2 rings (SSSR count). The molecule has 0 bridgehead atoms. The fraction of sp³-hybridized carbons (Fsp3) is 0.769. The molecule has 4 heteroatoms. The summed E-state index contributed by atoms with van der Waals surface area (Å²) in [5.74, 6) is -0.0818. The van der Waals surface area contributed by atoms with E-state index < -0.39 is 5.97 Å². The Hall–Kier alpha value is -0.870. The summed E-state index contributed by atoms with van der Waals surface area (Å²) in [6.45, 7) is 5.78. The van der Waals surface area contributed by atoms with E-state index in [-0.39, 0.29) is 0 Å². The van der Waals surface area contributed by atoms with Gasteiger partial charge in [0.25, 0.3) is 0 Å².